The summed E-state index contributed by atoms with van der Waals surface area (Å²) in [7, 11) is 1.49. The summed E-state index contributed by atoms with van der Waals surface area (Å²) in [5, 5.41) is 16.4. The third-order valence-corrected chi connectivity index (χ3v) is 7.33. The molecule has 1 aromatic carbocycles. The molecule has 2 amide bonds. The summed E-state index contributed by atoms with van der Waals surface area (Å²) < 4.78 is 5.14. The molecule has 10 nitrogen and oxygen atoms in total. The van der Waals surface area contributed by atoms with E-state index >= 15 is 0 Å². The Balaban J connectivity index is 1.31. The summed E-state index contributed by atoms with van der Waals surface area (Å²) in [5.74, 6) is 0.221. The van der Waals surface area contributed by atoms with Crippen LogP contribution in [0.2, 0.25) is 5.02 Å². The molecular formula is C27H29ClN6O4. The molecule has 2 aliphatic rings. The van der Waals surface area contributed by atoms with E-state index in [1.807, 2.05) is 12.1 Å². The molecule has 3 N–H and O–H groups in total. The molecule has 2 aromatic heterocycles. The summed E-state index contributed by atoms with van der Waals surface area (Å²) in [6.07, 6.45) is 4.93. The molecule has 0 bridgehead atoms. The number of methoxy groups -OCH3 is 1. The standard InChI is InChI=1S/C27H29ClN6O4/c1-15(25(36)32-22(14-35)21-7-4-8-23(31-21)38-2)34-13-17-10-9-16(11-19(17)26(34)37)24-20(28)12-29-27(33-24)30-18-5-3-6-18/h4,7-12,15,18,22,35H,3,5-6,13-14H2,1-2H3,(H,32,36)(H,29,30,33). The largest absolute Gasteiger partial charge is 0.481 e. The first-order valence-corrected chi connectivity index (χ1v) is 12.9. The Labute approximate surface area is 225 Å². The molecule has 2 unspecified atom stereocenters. The number of nitrogens with one attached hydrogen (secondary N) is 2. The highest BCUT2D eigenvalue weighted by Crippen LogP contribution is 2.33. The number of hydrogen-bond donors (Lipinski definition) is 3. The second-order valence-electron chi connectivity index (χ2n) is 9.49. The molecular weight excluding hydrogens is 508 g/mol. The van der Waals surface area contributed by atoms with Crippen LogP contribution >= 0.6 is 11.6 Å². The predicted octanol–water partition coefficient (Wildman–Crippen LogP) is 3.36. The number of benzene rings is 1. The molecule has 0 spiro atoms. The monoisotopic (exact) mass is 536 g/mol. The quantitative estimate of drug-likeness (QED) is 0.379. The Morgan fingerprint density at radius 1 is 1.26 bits per heavy atom. The van der Waals surface area contributed by atoms with Crippen LogP contribution in [0.1, 0.15) is 53.8 Å². The second-order valence-corrected chi connectivity index (χ2v) is 9.90. The first kappa shape index (κ1) is 25.9. The van der Waals surface area contributed by atoms with Gasteiger partial charge in [-0.3, -0.25) is 9.59 Å². The topological polar surface area (TPSA) is 130 Å². The fourth-order valence-electron chi connectivity index (χ4n) is 4.54. The predicted molar refractivity (Wildman–Crippen MR) is 142 cm³/mol. The Kier molecular flexibility index (Phi) is 7.44. The van der Waals surface area contributed by atoms with Gasteiger partial charge in [0.15, 0.2) is 0 Å². The van der Waals surface area contributed by atoms with Crippen molar-refractivity contribution < 1.29 is 19.4 Å². The van der Waals surface area contributed by atoms with Gasteiger partial charge in [-0.25, -0.2) is 15.0 Å². The number of nitrogens with zero attached hydrogens (tertiary/aromatic N) is 4. The Morgan fingerprint density at radius 2 is 2.08 bits per heavy atom. The highest BCUT2D eigenvalue weighted by molar-refractivity contribution is 6.33. The van der Waals surface area contributed by atoms with Gasteiger partial charge in [-0.1, -0.05) is 29.8 Å². The van der Waals surface area contributed by atoms with Gasteiger partial charge in [-0.15, -0.1) is 0 Å². The number of pyridine rings is 1. The molecule has 3 heterocycles. The first-order valence-electron chi connectivity index (χ1n) is 12.5. The van der Waals surface area contributed by atoms with Crippen molar-refractivity contribution in [1.82, 2.24) is 25.2 Å². The molecule has 1 saturated carbocycles. The van der Waals surface area contributed by atoms with Crippen molar-refractivity contribution in [3.8, 4) is 17.1 Å². The maximum atomic E-state index is 13.4. The van der Waals surface area contributed by atoms with Crippen molar-refractivity contribution in [1.29, 1.82) is 0 Å². The van der Waals surface area contributed by atoms with Gasteiger partial charge in [-0.05, 0) is 43.9 Å². The lowest BCUT2D eigenvalue weighted by atomic mass is 9.93. The van der Waals surface area contributed by atoms with E-state index < -0.39 is 18.0 Å². The minimum absolute atomic E-state index is 0.262. The summed E-state index contributed by atoms with van der Waals surface area (Å²) in [4.78, 5) is 41.1. The summed E-state index contributed by atoms with van der Waals surface area (Å²) in [6, 6.07) is 9.45. The normalized spacial score (nSPS) is 16.4. The zero-order chi connectivity index (χ0) is 26.8. The zero-order valence-corrected chi connectivity index (χ0v) is 21.9. The fraction of sp³-hybridized carbons (Fsp3) is 0.370. The number of amides is 2. The Morgan fingerprint density at radius 3 is 2.79 bits per heavy atom. The van der Waals surface area contributed by atoms with Crippen LogP contribution in [-0.4, -0.2) is 62.6 Å². The van der Waals surface area contributed by atoms with Crippen molar-refractivity contribution in [3.63, 3.8) is 0 Å². The highest BCUT2D eigenvalue weighted by Gasteiger charge is 2.35. The van der Waals surface area contributed by atoms with E-state index in [-0.39, 0.29) is 19.1 Å². The van der Waals surface area contributed by atoms with Crippen molar-refractivity contribution >= 4 is 29.4 Å². The minimum atomic E-state index is -0.779. The van der Waals surface area contributed by atoms with Crippen molar-refractivity contribution in [2.24, 2.45) is 0 Å². The zero-order valence-electron chi connectivity index (χ0n) is 21.1. The van der Waals surface area contributed by atoms with Gasteiger partial charge in [-0.2, -0.15) is 0 Å². The van der Waals surface area contributed by atoms with Gasteiger partial charge < -0.3 is 25.4 Å². The molecule has 0 saturated heterocycles. The lowest BCUT2D eigenvalue weighted by Crippen LogP contribution is -2.46. The van der Waals surface area contributed by atoms with E-state index in [1.54, 1.807) is 37.4 Å². The van der Waals surface area contributed by atoms with Crippen LogP contribution in [0.4, 0.5) is 5.95 Å². The number of carbonyl (C=O) groups excluding carboxylic acids is 2. The maximum Gasteiger partial charge on any atom is 0.255 e. The van der Waals surface area contributed by atoms with Crippen molar-refractivity contribution in [3.05, 3.63) is 64.4 Å². The van der Waals surface area contributed by atoms with Crippen molar-refractivity contribution in [2.45, 2.75) is 50.9 Å². The summed E-state index contributed by atoms with van der Waals surface area (Å²) in [5.41, 5.74) is 3.01. The molecule has 1 aliphatic heterocycles. The van der Waals surface area contributed by atoms with Gasteiger partial charge in [0, 0.05) is 29.8 Å². The SMILES string of the molecule is COc1cccc(C(CO)NC(=O)C(C)N2Cc3ccc(-c4nc(NC5CCC5)ncc4Cl)cc3C2=O)n1. The third-order valence-electron chi connectivity index (χ3n) is 7.06. The summed E-state index contributed by atoms with van der Waals surface area (Å²) >= 11 is 6.42. The number of aromatic nitrogens is 3. The number of aliphatic hydroxyl groups is 1. The average Bonchev–Trinajstić information content (AvgIpc) is 3.25. The van der Waals surface area contributed by atoms with E-state index in [9.17, 15) is 14.7 Å². The van der Waals surface area contributed by atoms with E-state index in [0.717, 1.165) is 18.4 Å². The van der Waals surface area contributed by atoms with E-state index in [0.29, 0.717) is 45.4 Å². The molecule has 1 fully saturated rings. The number of carbonyl (C=O) groups is 2. The molecule has 2 atom stereocenters. The molecule has 0 radical (unpaired) electrons. The number of halogens is 1. The summed E-state index contributed by atoms with van der Waals surface area (Å²) in [6.45, 7) is 1.59. The van der Waals surface area contributed by atoms with Crippen LogP contribution in [0.15, 0.2) is 42.6 Å². The van der Waals surface area contributed by atoms with Gasteiger partial charge in [0.05, 0.1) is 42.4 Å². The highest BCUT2D eigenvalue weighted by atomic mass is 35.5. The number of ether oxygens (including phenoxy) is 1. The number of fused-ring (bicyclic) bond motifs is 1. The Bertz CT molecular complexity index is 1370. The van der Waals surface area contributed by atoms with Gasteiger partial charge in [0.25, 0.3) is 5.91 Å². The van der Waals surface area contributed by atoms with Crippen LogP contribution in [0.3, 0.4) is 0 Å². The minimum Gasteiger partial charge on any atom is -0.481 e. The molecule has 198 valence electrons. The number of rotatable bonds is 9. The van der Waals surface area contributed by atoms with Crippen LogP contribution in [0, 0.1) is 0 Å². The van der Waals surface area contributed by atoms with Crippen LogP contribution < -0.4 is 15.4 Å². The van der Waals surface area contributed by atoms with Gasteiger partial charge >= 0.3 is 0 Å². The maximum absolute atomic E-state index is 13.4. The molecule has 38 heavy (non-hydrogen) atoms. The third kappa shape index (κ3) is 5.14. The lowest BCUT2D eigenvalue weighted by Gasteiger charge is -2.26. The lowest BCUT2D eigenvalue weighted by molar-refractivity contribution is -0.126. The second kappa shape index (κ2) is 10.9. The van der Waals surface area contributed by atoms with Gasteiger partial charge in [0.2, 0.25) is 17.7 Å². The average molecular weight is 537 g/mol. The van der Waals surface area contributed by atoms with Crippen LogP contribution in [-0.2, 0) is 11.3 Å². The molecule has 3 aromatic rings. The van der Waals surface area contributed by atoms with Crippen molar-refractivity contribution in [2.75, 3.05) is 19.0 Å². The van der Waals surface area contributed by atoms with Gasteiger partial charge in [0.1, 0.15) is 6.04 Å². The fourth-order valence-corrected chi connectivity index (χ4v) is 4.74. The Hall–Kier alpha value is -3.76. The van der Waals surface area contributed by atoms with E-state index in [1.165, 1.54) is 18.4 Å². The molecule has 11 heteroatoms. The number of hydrogen-bond acceptors (Lipinski definition) is 8. The van der Waals surface area contributed by atoms with E-state index in [2.05, 4.69) is 25.6 Å². The van der Waals surface area contributed by atoms with E-state index in [4.69, 9.17) is 16.3 Å². The molecule has 5 rings (SSSR count). The first-order chi connectivity index (χ1) is 18.4. The van der Waals surface area contributed by atoms with Crippen LogP contribution in [0.5, 0.6) is 5.88 Å². The van der Waals surface area contributed by atoms with Crippen LogP contribution in [0.25, 0.3) is 11.3 Å². The molecule has 1 aliphatic carbocycles. The number of aliphatic hydroxyl groups excluding tert-OH is 1. The number of anilines is 1. The smallest absolute Gasteiger partial charge is 0.255 e.